The van der Waals surface area contributed by atoms with Gasteiger partial charge in [-0.25, -0.2) is 4.79 Å². The number of nitrogen functional groups attached to an aromatic ring is 1. The number of nitrogens with two attached hydrogens (primary N) is 1. The van der Waals surface area contributed by atoms with Crippen molar-refractivity contribution in [2.75, 3.05) is 5.73 Å². The number of rotatable bonds is 2. The third kappa shape index (κ3) is 3.19. The topological polar surface area (TPSA) is 72.5 Å². The number of ether oxygens (including phenoxy) is 1. The predicted molar refractivity (Wildman–Crippen MR) is 73.9 cm³/mol. The van der Waals surface area contributed by atoms with Crippen LogP contribution in [0.3, 0.4) is 0 Å². The van der Waals surface area contributed by atoms with Crippen molar-refractivity contribution < 1.29 is 14.6 Å². The first-order valence-electron chi connectivity index (χ1n) is 6.77. The Morgan fingerprint density at radius 3 is 2.68 bits per heavy atom. The van der Waals surface area contributed by atoms with Crippen molar-refractivity contribution in [1.29, 1.82) is 0 Å². The predicted octanol–water partition coefficient (Wildman–Crippen LogP) is 2.96. The van der Waals surface area contributed by atoms with Gasteiger partial charge in [0.25, 0.3) is 0 Å². The quantitative estimate of drug-likeness (QED) is 0.489. The largest absolute Gasteiger partial charge is 0.506 e. The Bertz CT molecular complexity index is 472. The van der Waals surface area contributed by atoms with Crippen LogP contribution in [0.15, 0.2) is 18.2 Å². The normalized spacial score (nSPS) is 26.9. The second-order valence-corrected chi connectivity index (χ2v) is 5.57. The Hall–Kier alpha value is -1.71. The molecule has 0 saturated heterocycles. The minimum absolute atomic E-state index is 0.00581. The maximum Gasteiger partial charge on any atom is 0.338 e. The Morgan fingerprint density at radius 1 is 1.32 bits per heavy atom. The number of anilines is 1. The van der Waals surface area contributed by atoms with Crippen molar-refractivity contribution in [1.82, 2.24) is 0 Å². The zero-order valence-corrected chi connectivity index (χ0v) is 11.4. The van der Waals surface area contributed by atoms with Gasteiger partial charge in [-0.15, -0.1) is 0 Å². The molecule has 4 nitrogen and oxygen atoms in total. The molecule has 2 rings (SSSR count). The van der Waals surface area contributed by atoms with Crippen LogP contribution in [0.5, 0.6) is 5.75 Å². The van der Waals surface area contributed by atoms with Crippen LogP contribution in [0.2, 0.25) is 0 Å². The Morgan fingerprint density at radius 2 is 2.05 bits per heavy atom. The van der Waals surface area contributed by atoms with Gasteiger partial charge < -0.3 is 15.6 Å². The summed E-state index contributed by atoms with van der Waals surface area (Å²) in [5.74, 6) is 0.894. The minimum Gasteiger partial charge on any atom is -0.506 e. The lowest BCUT2D eigenvalue weighted by Gasteiger charge is -2.31. The van der Waals surface area contributed by atoms with E-state index in [1.165, 1.54) is 18.2 Å². The highest BCUT2D eigenvalue weighted by molar-refractivity contribution is 5.91. The first-order valence-corrected chi connectivity index (χ1v) is 6.77. The van der Waals surface area contributed by atoms with E-state index in [9.17, 15) is 9.90 Å². The van der Waals surface area contributed by atoms with E-state index >= 15 is 0 Å². The molecule has 1 aliphatic rings. The summed E-state index contributed by atoms with van der Waals surface area (Å²) in [7, 11) is 0. The van der Waals surface area contributed by atoms with E-state index in [0.29, 0.717) is 17.4 Å². The summed E-state index contributed by atoms with van der Waals surface area (Å²) in [5, 5.41) is 9.33. The van der Waals surface area contributed by atoms with Gasteiger partial charge >= 0.3 is 5.97 Å². The molecule has 3 unspecified atom stereocenters. The standard InChI is InChI=1S/C15H21NO3/c1-9-3-5-12(7-10(9)2)19-15(18)11-4-6-14(17)13(16)8-11/h4,6,8-10,12,17H,3,5,7,16H2,1-2H3. The fourth-order valence-electron chi connectivity index (χ4n) is 2.51. The van der Waals surface area contributed by atoms with E-state index in [2.05, 4.69) is 13.8 Å². The Labute approximate surface area is 113 Å². The van der Waals surface area contributed by atoms with Crippen LogP contribution in [0, 0.1) is 11.8 Å². The summed E-state index contributed by atoms with van der Waals surface area (Å²) < 4.78 is 5.51. The molecular weight excluding hydrogens is 242 g/mol. The summed E-state index contributed by atoms with van der Waals surface area (Å²) in [4.78, 5) is 12.0. The number of hydrogen-bond donors (Lipinski definition) is 2. The summed E-state index contributed by atoms with van der Waals surface area (Å²) in [6.07, 6.45) is 2.93. The first-order chi connectivity index (χ1) is 8.97. The molecule has 0 aliphatic heterocycles. The molecule has 0 radical (unpaired) electrons. The van der Waals surface area contributed by atoms with Crippen molar-refractivity contribution >= 4 is 11.7 Å². The molecule has 0 bridgehead atoms. The van der Waals surface area contributed by atoms with Gasteiger partial charge in [0.15, 0.2) is 0 Å². The van der Waals surface area contributed by atoms with Gasteiger partial charge in [-0.1, -0.05) is 13.8 Å². The first kappa shape index (κ1) is 13.7. The lowest BCUT2D eigenvalue weighted by molar-refractivity contribution is 0.00879. The number of carbonyl (C=O) groups excluding carboxylic acids is 1. The maximum absolute atomic E-state index is 12.0. The average molecular weight is 263 g/mol. The molecule has 0 heterocycles. The summed E-state index contributed by atoms with van der Waals surface area (Å²) >= 11 is 0. The maximum atomic E-state index is 12.0. The van der Waals surface area contributed by atoms with Gasteiger partial charge in [-0.2, -0.15) is 0 Å². The van der Waals surface area contributed by atoms with E-state index in [0.717, 1.165) is 19.3 Å². The molecule has 0 aromatic heterocycles. The molecule has 0 spiro atoms. The van der Waals surface area contributed by atoms with Gasteiger partial charge in [0.1, 0.15) is 11.9 Å². The van der Waals surface area contributed by atoms with E-state index < -0.39 is 0 Å². The fourth-order valence-corrected chi connectivity index (χ4v) is 2.51. The molecule has 4 heteroatoms. The van der Waals surface area contributed by atoms with Gasteiger partial charge in [-0.3, -0.25) is 0 Å². The van der Waals surface area contributed by atoms with Crippen molar-refractivity contribution in [2.45, 2.75) is 39.2 Å². The number of phenolic OH excluding ortho intramolecular Hbond substituents is 1. The molecule has 3 N–H and O–H groups in total. The Balaban J connectivity index is 1.99. The molecule has 3 atom stereocenters. The molecule has 19 heavy (non-hydrogen) atoms. The third-order valence-corrected chi connectivity index (χ3v) is 4.09. The van der Waals surface area contributed by atoms with E-state index in [4.69, 9.17) is 10.5 Å². The van der Waals surface area contributed by atoms with Crippen molar-refractivity contribution in [3.8, 4) is 5.75 Å². The smallest absolute Gasteiger partial charge is 0.338 e. The van der Waals surface area contributed by atoms with E-state index in [1.807, 2.05) is 0 Å². The van der Waals surface area contributed by atoms with Crippen molar-refractivity contribution in [3.63, 3.8) is 0 Å². The van der Waals surface area contributed by atoms with Crippen LogP contribution in [0.4, 0.5) is 5.69 Å². The van der Waals surface area contributed by atoms with Crippen LogP contribution in [0.25, 0.3) is 0 Å². The summed E-state index contributed by atoms with van der Waals surface area (Å²) in [6.45, 7) is 4.44. The second kappa shape index (κ2) is 5.51. The van der Waals surface area contributed by atoms with Crippen LogP contribution in [0.1, 0.15) is 43.5 Å². The lowest BCUT2D eigenvalue weighted by atomic mass is 9.80. The SMILES string of the molecule is CC1CCC(OC(=O)c2ccc(O)c(N)c2)CC1C. The molecular formula is C15H21NO3. The molecule has 0 amide bonds. The van der Waals surface area contributed by atoms with Gasteiger partial charge in [0.05, 0.1) is 11.3 Å². The number of aromatic hydroxyl groups is 1. The third-order valence-electron chi connectivity index (χ3n) is 4.09. The number of hydrogen-bond acceptors (Lipinski definition) is 4. The fraction of sp³-hybridized carbons (Fsp3) is 0.533. The van der Waals surface area contributed by atoms with Crippen LogP contribution in [-0.2, 0) is 4.74 Å². The molecule has 1 saturated carbocycles. The molecule has 1 aromatic carbocycles. The molecule has 1 fully saturated rings. The minimum atomic E-state index is -0.363. The number of benzene rings is 1. The van der Waals surface area contributed by atoms with Crippen LogP contribution >= 0.6 is 0 Å². The van der Waals surface area contributed by atoms with Crippen molar-refractivity contribution in [3.05, 3.63) is 23.8 Å². The molecule has 104 valence electrons. The number of phenols is 1. The van der Waals surface area contributed by atoms with E-state index in [-0.39, 0.29) is 23.5 Å². The monoisotopic (exact) mass is 263 g/mol. The van der Waals surface area contributed by atoms with Crippen LogP contribution in [-0.4, -0.2) is 17.2 Å². The lowest BCUT2D eigenvalue weighted by Crippen LogP contribution is -2.28. The highest BCUT2D eigenvalue weighted by Gasteiger charge is 2.27. The van der Waals surface area contributed by atoms with Gasteiger partial charge in [0.2, 0.25) is 0 Å². The number of esters is 1. The Kier molecular flexibility index (Phi) is 3.98. The summed E-state index contributed by atoms with van der Waals surface area (Å²) in [5.41, 5.74) is 6.16. The second-order valence-electron chi connectivity index (χ2n) is 5.57. The van der Waals surface area contributed by atoms with Gasteiger partial charge in [0, 0.05) is 0 Å². The average Bonchev–Trinajstić information content (AvgIpc) is 2.37. The zero-order valence-electron chi connectivity index (χ0n) is 11.4. The van der Waals surface area contributed by atoms with Crippen LogP contribution < -0.4 is 5.73 Å². The highest BCUT2D eigenvalue weighted by Crippen LogP contribution is 2.31. The van der Waals surface area contributed by atoms with E-state index in [1.54, 1.807) is 0 Å². The summed E-state index contributed by atoms with van der Waals surface area (Å²) in [6, 6.07) is 4.40. The zero-order chi connectivity index (χ0) is 14.0. The van der Waals surface area contributed by atoms with Crippen molar-refractivity contribution in [2.24, 2.45) is 11.8 Å². The number of carbonyl (C=O) groups is 1. The highest BCUT2D eigenvalue weighted by atomic mass is 16.5. The molecule has 1 aromatic rings. The molecule has 1 aliphatic carbocycles. The van der Waals surface area contributed by atoms with Gasteiger partial charge in [-0.05, 0) is 49.3 Å².